The van der Waals surface area contributed by atoms with E-state index in [1.54, 1.807) is 0 Å². The molecule has 1 saturated carbocycles. The minimum atomic E-state index is 0.610. The van der Waals surface area contributed by atoms with Gasteiger partial charge in [0.1, 0.15) is 0 Å². The van der Waals surface area contributed by atoms with Crippen LogP contribution in [0.4, 0.5) is 0 Å². The molecule has 0 spiro atoms. The van der Waals surface area contributed by atoms with E-state index in [1.165, 1.54) is 31.0 Å². The Morgan fingerprint density at radius 2 is 2.17 bits per heavy atom. The standard InChI is InChI=1S/C11H21Br/c1-9(8-12)10-5-4-6-11(2,3)7-10/h9-10H,4-8H2,1-3H3. The van der Waals surface area contributed by atoms with E-state index < -0.39 is 0 Å². The molecule has 1 aliphatic carbocycles. The van der Waals surface area contributed by atoms with Gasteiger partial charge in [-0.05, 0) is 30.1 Å². The Morgan fingerprint density at radius 3 is 2.67 bits per heavy atom. The number of halogens is 1. The van der Waals surface area contributed by atoms with Crippen LogP contribution in [-0.4, -0.2) is 5.33 Å². The van der Waals surface area contributed by atoms with Crippen LogP contribution in [0.2, 0.25) is 0 Å². The fourth-order valence-corrected chi connectivity index (χ4v) is 2.90. The van der Waals surface area contributed by atoms with Gasteiger partial charge in [-0.1, -0.05) is 49.5 Å². The molecule has 0 bridgehead atoms. The highest BCUT2D eigenvalue weighted by Gasteiger charge is 2.30. The van der Waals surface area contributed by atoms with Crippen molar-refractivity contribution in [1.29, 1.82) is 0 Å². The lowest BCUT2D eigenvalue weighted by Crippen LogP contribution is -2.27. The van der Waals surface area contributed by atoms with Crippen LogP contribution < -0.4 is 0 Å². The van der Waals surface area contributed by atoms with Crippen LogP contribution in [0.25, 0.3) is 0 Å². The molecule has 2 unspecified atom stereocenters. The van der Waals surface area contributed by atoms with Crippen molar-refractivity contribution in [3.63, 3.8) is 0 Å². The molecule has 0 amide bonds. The monoisotopic (exact) mass is 232 g/mol. The van der Waals surface area contributed by atoms with Gasteiger partial charge < -0.3 is 0 Å². The zero-order chi connectivity index (χ0) is 9.19. The maximum absolute atomic E-state index is 3.59. The van der Waals surface area contributed by atoms with Crippen LogP contribution in [0.3, 0.4) is 0 Å². The highest BCUT2D eigenvalue weighted by atomic mass is 79.9. The smallest absolute Gasteiger partial charge is 0.00596 e. The fraction of sp³-hybridized carbons (Fsp3) is 1.00. The van der Waals surface area contributed by atoms with E-state index in [9.17, 15) is 0 Å². The van der Waals surface area contributed by atoms with Crippen molar-refractivity contribution in [2.24, 2.45) is 17.3 Å². The average Bonchev–Trinajstić information content (AvgIpc) is 2.01. The Kier molecular flexibility index (Phi) is 3.63. The van der Waals surface area contributed by atoms with Crippen molar-refractivity contribution in [1.82, 2.24) is 0 Å². The van der Waals surface area contributed by atoms with Crippen molar-refractivity contribution in [3.05, 3.63) is 0 Å². The lowest BCUT2D eigenvalue weighted by atomic mass is 9.69. The Balaban J connectivity index is 2.46. The fourth-order valence-electron chi connectivity index (χ4n) is 2.37. The number of hydrogen-bond donors (Lipinski definition) is 0. The molecule has 1 rings (SSSR count). The molecule has 12 heavy (non-hydrogen) atoms. The van der Waals surface area contributed by atoms with Gasteiger partial charge in [-0.3, -0.25) is 0 Å². The predicted molar refractivity (Wildman–Crippen MR) is 58.7 cm³/mol. The van der Waals surface area contributed by atoms with Gasteiger partial charge in [0, 0.05) is 5.33 Å². The third-order valence-electron chi connectivity index (χ3n) is 3.29. The summed E-state index contributed by atoms with van der Waals surface area (Å²) in [7, 11) is 0. The first kappa shape index (κ1) is 10.6. The van der Waals surface area contributed by atoms with Crippen LogP contribution in [0, 0.1) is 17.3 Å². The molecule has 0 heterocycles. The van der Waals surface area contributed by atoms with Gasteiger partial charge in [0.25, 0.3) is 0 Å². The second-order valence-electron chi connectivity index (χ2n) is 5.15. The van der Waals surface area contributed by atoms with Gasteiger partial charge in [0.15, 0.2) is 0 Å². The van der Waals surface area contributed by atoms with Crippen LogP contribution in [-0.2, 0) is 0 Å². The van der Waals surface area contributed by atoms with Crippen molar-refractivity contribution in [2.45, 2.75) is 46.5 Å². The highest BCUT2D eigenvalue weighted by molar-refractivity contribution is 9.09. The largest absolute Gasteiger partial charge is 0.0925 e. The molecule has 0 radical (unpaired) electrons. The van der Waals surface area contributed by atoms with Crippen LogP contribution in [0.1, 0.15) is 46.5 Å². The normalized spacial score (nSPS) is 31.5. The molecule has 0 aromatic heterocycles. The second-order valence-corrected chi connectivity index (χ2v) is 5.80. The molecule has 2 atom stereocenters. The molecule has 1 aliphatic rings. The zero-order valence-electron chi connectivity index (χ0n) is 8.57. The molecular weight excluding hydrogens is 212 g/mol. The summed E-state index contributed by atoms with van der Waals surface area (Å²) < 4.78 is 0. The van der Waals surface area contributed by atoms with E-state index in [1.807, 2.05) is 0 Å². The summed E-state index contributed by atoms with van der Waals surface area (Å²) in [5, 5.41) is 1.17. The van der Waals surface area contributed by atoms with Gasteiger partial charge in [0.2, 0.25) is 0 Å². The Morgan fingerprint density at radius 1 is 1.50 bits per heavy atom. The van der Waals surface area contributed by atoms with E-state index in [0.717, 1.165) is 11.8 Å². The van der Waals surface area contributed by atoms with E-state index in [-0.39, 0.29) is 0 Å². The topological polar surface area (TPSA) is 0 Å². The van der Waals surface area contributed by atoms with Crippen molar-refractivity contribution >= 4 is 15.9 Å². The third kappa shape index (κ3) is 2.76. The molecule has 0 N–H and O–H groups in total. The molecule has 0 aliphatic heterocycles. The Bertz CT molecular complexity index is 140. The van der Waals surface area contributed by atoms with E-state index in [2.05, 4.69) is 36.7 Å². The first-order chi connectivity index (χ1) is 5.55. The summed E-state index contributed by atoms with van der Waals surface area (Å²) in [5.74, 6) is 1.83. The maximum atomic E-state index is 3.59. The summed E-state index contributed by atoms with van der Waals surface area (Å²) in [5.41, 5.74) is 0.610. The number of rotatable bonds is 2. The van der Waals surface area contributed by atoms with Gasteiger partial charge in [-0.25, -0.2) is 0 Å². The quantitative estimate of drug-likeness (QED) is 0.626. The average molecular weight is 233 g/mol. The first-order valence-electron chi connectivity index (χ1n) is 5.11. The van der Waals surface area contributed by atoms with Gasteiger partial charge in [-0.15, -0.1) is 0 Å². The molecule has 1 heteroatoms. The lowest BCUT2D eigenvalue weighted by Gasteiger charge is -2.37. The van der Waals surface area contributed by atoms with E-state index in [0.29, 0.717) is 5.41 Å². The maximum Gasteiger partial charge on any atom is 0.00596 e. The molecule has 0 nitrogen and oxygen atoms in total. The van der Waals surface area contributed by atoms with E-state index in [4.69, 9.17) is 0 Å². The SMILES string of the molecule is CC(CBr)C1CCCC(C)(C)C1. The minimum absolute atomic E-state index is 0.610. The van der Waals surface area contributed by atoms with Gasteiger partial charge in [-0.2, -0.15) is 0 Å². The number of alkyl halides is 1. The summed E-state index contributed by atoms with van der Waals surface area (Å²) in [4.78, 5) is 0. The molecule has 0 saturated heterocycles. The minimum Gasteiger partial charge on any atom is -0.0925 e. The van der Waals surface area contributed by atoms with Crippen LogP contribution in [0.15, 0.2) is 0 Å². The Labute approximate surface area is 85.3 Å². The second kappa shape index (κ2) is 4.13. The van der Waals surface area contributed by atoms with Crippen LogP contribution >= 0.6 is 15.9 Å². The molecule has 72 valence electrons. The van der Waals surface area contributed by atoms with Crippen molar-refractivity contribution < 1.29 is 0 Å². The van der Waals surface area contributed by atoms with E-state index >= 15 is 0 Å². The summed E-state index contributed by atoms with van der Waals surface area (Å²) in [6.45, 7) is 7.21. The van der Waals surface area contributed by atoms with Crippen molar-refractivity contribution in [2.75, 3.05) is 5.33 Å². The number of hydrogen-bond acceptors (Lipinski definition) is 0. The van der Waals surface area contributed by atoms with Crippen LogP contribution in [0.5, 0.6) is 0 Å². The molecular formula is C11H21Br. The zero-order valence-corrected chi connectivity index (χ0v) is 10.2. The third-order valence-corrected chi connectivity index (χ3v) is 4.31. The molecule has 0 aromatic rings. The van der Waals surface area contributed by atoms with Gasteiger partial charge >= 0.3 is 0 Å². The summed E-state index contributed by atoms with van der Waals surface area (Å²) >= 11 is 3.59. The van der Waals surface area contributed by atoms with Crippen molar-refractivity contribution in [3.8, 4) is 0 Å². The summed E-state index contributed by atoms with van der Waals surface area (Å²) in [6, 6.07) is 0. The lowest BCUT2D eigenvalue weighted by molar-refractivity contribution is 0.149. The molecule has 0 aromatic carbocycles. The van der Waals surface area contributed by atoms with Gasteiger partial charge in [0.05, 0.1) is 0 Å². The first-order valence-corrected chi connectivity index (χ1v) is 6.23. The predicted octanol–water partition coefficient (Wildman–Crippen LogP) is 4.23. The summed E-state index contributed by atoms with van der Waals surface area (Å²) in [6.07, 6.45) is 5.75. The highest BCUT2D eigenvalue weighted by Crippen LogP contribution is 2.41. The Hall–Kier alpha value is 0.480. The molecule has 1 fully saturated rings.